The fourth-order valence-electron chi connectivity index (χ4n) is 2.83. The Morgan fingerprint density at radius 3 is 2.90 bits per heavy atom. The van der Waals surface area contributed by atoms with Gasteiger partial charge in [0.2, 0.25) is 0 Å². The maximum atomic E-state index is 4.14. The van der Waals surface area contributed by atoms with Gasteiger partial charge in [-0.3, -0.25) is 0 Å². The number of aryl methyl sites for hydroxylation is 1. The number of benzene rings is 1. The fraction of sp³-hybridized carbons (Fsp3) is 0.438. The highest BCUT2D eigenvalue weighted by Crippen LogP contribution is 2.22. The molecule has 1 N–H and O–H groups in total. The summed E-state index contributed by atoms with van der Waals surface area (Å²) in [5, 5.41) is 3.56. The number of anilines is 1. The van der Waals surface area contributed by atoms with Crippen molar-refractivity contribution in [3.8, 4) is 0 Å². The van der Waals surface area contributed by atoms with Crippen molar-refractivity contribution in [3.05, 3.63) is 48.5 Å². The van der Waals surface area contributed by atoms with Crippen LogP contribution < -0.4 is 10.2 Å². The Morgan fingerprint density at radius 1 is 1.30 bits per heavy atom. The van der Waals surface area contributed by atoms with Gasteiger partial charge in [-0.05, 0) is 24.5 Å². The SMILES string of the molecule is Cn1cncc1CNC[C@@H]1CCN(c2ccccc2)C1. The molecule has 0 amide bonds. The first-order valence-electron chi connectivity index (χ1n) is 7.29. The van der Waals surface area contributed by atoms with Crippen LogP contribution in [0.2, 0.25) is 0 Å². The lowest BCUT2D eigenvalue weighted by Gasteiger charge is -2.18. The predicted octanol–water partition coefficient (Wildman–Crippen LogP) is 2.04. The van der Waals surface area contributed by atoms with Crippen molar-refractivity contribution in [3.63, 3.8) is 0 Å². The van der Waals surface area contributed by atoms with Crippen LogP contribution in [0.5, 0.6) is 0 Å². The molecule has 0 radical (unpaired) electrons. The normalized spacial score (nSPS) is 18.6. The number of para-hydroxylation sites is 1. The van der Waals surface area contributed by atoms with Gasteiger partial charge in [-0.25, -0.2) is 4.98 Å². The van der Waals surface area contributed by atoms with Gasteiger partial charge in [0, 0.05) is 45.1 Å². The van der Waals surface area contributed by atoms with E-state index >= 15 is 0 Å². The van der Waals surface area contributed by atoms with Crippen molar-refractivity contribution in [2.45, 2.75) is 13.0 Å². The van der Waals surface area contributed by atoms with Gasteiger partial charge in [-0.15, -0.1) is 0 Å². The Labute approximate surface area is 120 Å². The number of hydrogen-bond acceptors (Lipinski definition) is 3. The lowest BCUT2D eigenvalue weighted by atomic mass is 10.1. The van der Waals surface area contributed by atoms with Crippen molar-refractivity contribution in [1.29, 1.82) is 0 Å². The van der Waals surface area contributed by atoms with E-state index in [0.717, 1.165) is 25.6 Å². The van der Waals surface area contributed by atoms with Crippen LogP contribution in [0.3, 0.4) is 0 Å². The summed E-state index contributed by atoms with van der Waals surface area (Å²) in [6, 6.07) is 10.7. The molecular weight excluding hydrogens is 248 g/mol. The Morgan fingerprint density at radius 2 is 2.15 bits per heavy atom. The zero-order valence-corrected chi connectivity index (χ0v) is 12.0. The maximum absolute atomic E-state index is 4.14. The van der Waals surface area contributed by atoms with Crippen LogP contribution in [0.25, 0.3) is 0 Å². The third-order valence-corrected chi connectivity index (χ3v) is 4.06. The van der Waals surface area contributed by atoms with E-state index in [1.54, 1.807) is 0 Å². The highest BCUT2D eigenvalue weighted by molar-refractivity contribution is 5.46. The first-order valence-corrected chi connectivity index (χ1v) is 7.29. The standard InChI is InChI=1S/C16H22N4/c1-19-13-18-11-16(19)10-17-9-14-7-8-20(12-14)15-5-3-2-4-6-15/h2-6,11,13-14,17H,7-10,12H2,1H3/t14-/m0/s1. The first-order chi connectivity index (χ1) is 9.83. The third kappa shape index (κ3) is 3.02. The summed E-state index contributed by atoms with van der Waals surface area (Å²) in [4.78, 5) is 6.62. The summed E-state index contributed by atoms with van der Waals surface area (Å²) >= 11 is 0. The molecule has 4 heteroatoms. The summed E-state index contributed by atoms with van der Waals surface area (Å²) in [5.74, 6) is 0.739. The highest BCUT2D eigenvalue weighted by Gasteiger charge is 2.22. The molecule has 1 aromatic heterocycles. The van der Waals surface area contributed by atoms with E-state index in [9.17, 15) is 0 Å². The number of nitrogens with one attached hydrogen (secondary N) is 1. The molecule has 1 aliphatic rings. The Balaban J connectivity index is 1.45. The van der Waals surface area contributed by atoms with Crippen LogP contribution in [0.4, 0.5) is 5.69 Å². The molecule has 3 rings (SSSR count). The summed E-state index contributed by atoms with van der Waals surface area (Å²) in [6.45, 7) is 4.30. The number of nitrogens with zero attached hydrogens (tertiary/aromatic N) is 3. The molecule has 1 fully saturated rings. The predicted molar refractivity (Wildman–Crippen MR) is 81.7 cm³/mol. The zero-order chi connectivity index (χ0) is 13.8. The van der Waals surface area contributed by atoms with Crippen LogP contribution in [0.1, 0.15) is 12.1 Å². The van der Waals surface area contributed by atoms with Gasteiger partial charge >= 0.3 is 0 Å². The van der Waals surface area contributed by atoms with Crippen molar-refractivity contribution < 1.29 is 0 Å². The van der Waals surface area contributed by atoms with Crippen molar-refractivity contribution >= 4 is 5.69 Å². The summed E-state index contributed by atoms with van der Waals surface area (Å²) in [5.41, 5.74) is 2.59. The van der Waals surface area contributed by atoms with Gasteiger partial charge < -0.3 is 14.8 Å². The smallest absolute Gasteiger partial charge is 0.0945 e. The second kappa shape index (κ2) is 6.09. The van der Waals surface area contributed by atoms with Crippen LogP contribution in [-0.2, 0) is 13.6 Å². The van der Waals surface area contributed by atoms with Crippen LogP contribution in [-0.4, -0.2) is 29.2 Å². The molecule has 2 aromatic rings. The Kier molecular flexibility index (Phi) is 4.02. The molecule has 0 spiro atoms. The minimum absolute atomic E-state index is 0.739. The van der Waals surface area contributed by atoms with E-state index in [2.05, 4.69) is 50.1 Å². The molecule has 1 aliphatic heterocycles. The van der Waals surface area contributed by atoms with Gasteiger partial charge in [0.25, 0.3) is 0 Å². The first kappa shape index (κ1) is 13.2. The monoisotopic (exact) mass is 270 g/mol. The molecule has 1 aromatic carbocycles. The van der Waals surface area contributed by atoms with Gasteiger partial charge in [0.1, 0.15) is 0 Å². The van der Waals surface area contributed by atoms with Crippen molar-refractivity contribution in [2.75, 3.05) is 24.5 Å². The van der Waals surface area contributed by atoms with Crippen molar-refractivity contribution in [2.24, 2.45) is 13.0 Å². The van der Waals surface area contributed by atoms with Crippen LogP contribution >= 0.6 is 0 Å². The molecule has 1 saturated heterocycles. The van der Waals surface area contributed by atoms with E-state index in [4.69, 9.17) is 0 Å². The molecule has 106 valence electrons. The Hall–Kier alpha value is -1.81. The second-order valence-corrected chi connectivity index (χ2v) is 5.56. The average Bonchev–Trinajstić information content (AvgIpc) is 3.10. The second-order valence-electron chi connectivity index (χ2n) is 5.56. The molecule has 2 heterocycles. The van der Waals surface area contributed by atoms with E-state index in [1.807, 2.05) is 19.6 Å². The lowest BCUT2D eigenvalue weighted by molar-refractivity contribution is 0.510. The molecule has 0 saturated carbocycles. The average molecular weight is 270 g/mol. The third-order valence-electron chi connectivity index (χ3n) is 4.06. The molecule has 0 bridgehead atoms. The maximum Gasteiger partial charge on any atom is 0.0945 e. The molecule has 4 nitrogen and oxygen atoms in total. The summed E-state index contributed by atoms with van der Waals surface area (Å²) in [7, 11) is 2.04. The zero-order valence-electron chi connectivity index (χ0n) is 12.0. The van der Waals surface area contributed by atoms with Gasteiger partial charge in [0.05, 0.1) is 12.0 Å². The minimum atomic E-state index is 0.739. The van der Waals surface area contributed by atoms with E-state index < -0.39 is 0 Å². The van der Waals surface area contributed by atoms with Crippen LogP contribution in [0.15, 0.2) is 42.9 Å². The van der Waals surface area contributed by atoms with E-state index in [0.29, 0.717) is 0 Å². The van der Waals surface area contributed by atoms with Crippen LogP contribution in [0, 0.1) is 5.92 Å². The fourth-order valence-corrected chi connectivity index (χ4v) is 2.83. The lowest BCUT2D eigenvalue weighted by Crippen LogP contribution is -2.26. The van der Waals surface area contributed by atoms with E-state index in [-0.39, 0.29) is 0 Å². The largest absolute Gasteiger partial charge is 0.371 e. The molecule has 1 atom stereocenters. The molecular formula is C16H22N4. The van der Waals surface area contributed by atoms with Gasteiger partial charge in [0.15, 0.2) is 0 Å². The summed E-state index contributed by atoms with van der Waals surface area (Å²) in [6.07, 6.45) is 5.05. The number of aromatic nitrogens is 2. The quantitative estimate of drug-likeness (QED) is 0.902. The number of hydrogen-bond donors (Lipinski definition) is 1. The van der Waals surface area contributed by atoms with Crippen molar-refractivity contribution in [1.82, 2.24) is 14.9 Å². The highest BCUT2D eigenvalue weighted by atomic mass is 15.2. The number of rotatable bonds is 5. The van der Waals surface area contributed by atoms with Gasteiger partial charge in [-0.1, -0.05) is 18.2 Å². The molecule has 0 aliphatic carbocycles. The molecule has 0 unspecified atom stereocenters. The minimum Gasteiger partial charge on any atom is -0.371 e. The van der Waals surface area contributed by atoms with E-state index in [1.165, 1.54) is 24.3 Å². The molecule has 20 heavy (non-hydrogen) atoms. The Bertz CT molecular complexity index is 534. The summed E-state index contributed by atoms with van der Waals surface area (Å²) < 4.78 is 2.07. The van der Waals surface area contributed by atoms with Gasteiger partial charge in [-0.2, -0.15) is 0 Å². The number of imidazole rings is 1. The topological polar surface area (TPSA) is 33.1 Å².